The van der Waals surface area contributed by atoms with E-state index in [9.17, 15) is 4.79 Å². The second kappa shape index (κ2) is 5.60. The van der Waals surface area contributed by atoms with E-state index in [2.05, 4.69) is 10.2 Å². The summed E-state index contributed by atoms with van der Waals surface area (Å²) in [6.45, 7) is 2.07. The lowest BCUT2D eigenvalue weighted by molar-refractivity contribution is 0.0696. The molecule has 0 spiro atoms. The number of hydrogen-bond donors (Lipinski definition) is 1. The number of aromatic nitrogens is 3. The summed E-state index contributed by atoms with van der Waals surface area (Å²) in [5.74, 6) is 1.27. The molecule has 0 saturated carbocycles. The summed E-state index contributed by atoms with van der Waals surface area (Å²) in [7, 11) is 3.30. The van der Waals surface area contributed by atoms with E-state index in [1.165, 1.54) is 19.2 Å². The first-order valence-corrected chi connectivity index (χ1v) is 5.92. The van der Waals surface area contributed by atoms with Crippen LogP contribution in [0.5, 0.6) is 11.5 Å². The summed E-state index contributed by atoms with van der Waals surface area (Å²) >= 11 is 0. The van der Waals surface area contributed by atoms with Crippen molar-refractivity contribution in [2.24, 2.45) is 7.05 Å². The van der Waals surface area contributed by atoms with E-state index in [1.54, 1.807) is 6.07 Å². The average molecular weight is 277 g/mol. The van der Waals surface area contributed by atoms with E-state index in [-0.39, 0.29) is 12.2 Å². The maximum atomic E-state index is 10.9. The summed E-state index contributed by atoms with van der Waals surface area (Å²) in [6.07, 6.45) is 0. The van der Waals surface area contributed by atoms with Gasteiger partial charge < -0.3 is 19.1 Å². The Hall–Kier alpha value is -2.57. The minimum atomic E-state index is -1.02. The summed E-state index contributed by atoms with van der Waals surface area (Å²) in [5.41, 5.74) is 0.142. The Morgan fingerprint density at radius 3 is 2.65 bits per heavy atom. The van der Waals surface area contributed by atoms with Gasteiger partial charge in [0, 0.05) is 7.05 Å². The second-order valence-electron chi connectivity index (χ2n) is 4.18. The number of rotatable bonds is 5. The van der Waals surface area contributed by atoms with E-state index in [0.29, 0.717) is 17.3 Å². The van der Waals surface area contributed by atoms with Crippen LogP contribution in [0.2, 0.25) is 0 Å². The zero-order valence-electron chi connectivity index (χ0n) is 11.5. The van der Waals surface area contributed by atoms with Crippen molar-refractivity contribution in [3.8, 4) is 11.5 Å². The highest BCUT2D eigenvalue weighted by Gasteiger charge is 2.12. The predicted molar refractivity (Wildman–Crippen MR) is 70.0 cm³/mol. The van der Waals surface area contributed by atoms with Crippen molar-refractivity contribution in [2.45, 2.75) is 13.5 Å². The molecule has 7 heteroatoms. The summed E-state index contributed by atoms with van der Waals surface area (Å²) in [5, 5.41) is 16.8. The first-order chi connectivity index (χ1) is 9.52. The Labute approximate surface area is 115 Å². The highest BCUT2D eigenvalue weighted by Crippen LogP contribution is 2.28. The van der Waals surface area contributed by atoms with Crippen LogP contribution in [0.1, 0.15) is 22.0 Å². The molecule has 0 bridgehead atoms. The molecule has 20 heavy (non-hydrogen) atoms. The van der Waals surface area contributed by atoms with Crippen LogP contribution >= 0.6 is 0 Å². The fourth-order valence-corrected chi connectivity index (χ4v) is 1.64. The van der Waals surface area contributed by atoms with Gasteiger partial charge in [0.25, 0.3) is 0 Å². The van der Waals surface area contributed by atoms with Crippen LogP contribution in [-0.2, 0) is 13.7 Å². The minimum Gasteiger partial charge on any atom is -0.493 e. The molecule has 1 aromatic carbocycles. The van der Waals surface area contributed by atoms with Gasteiger partial charge in [-0.15, -0.1) is 10.2 Å². The molecule has 0 atom stereocenters. The molecule has 1 N–H and O–H groups in total. The lowest BCUT2D eigenvalue weighted by atomic mass is 10.2. The Bertz CT molecular complexity index is 637. The molecule has 0 unspecified atom stereocenters. The van der Waals surface area contributed by atoms with Gasteiger partial charge in [-0.1, -0.05) is 0 Å². The molecule has 0 saturated heterocycles. The van der Waals surface area contributed by atoms with Crippen molar-refractivity contribution in [1.29, 1.82) is 0 Å². The number of aryl methyl sites for hydroxylation is 1. The van der Waals surface area contributed by atoms with Crippen LogP contribution in [0.15, 0.2) is 18.2 Å². The number of nitrogens with zero attached hydrogens (tertiary/aromatic N) is 3. The fraction of sp³-hybridized carbons (Fsp3) is 0.308. The van der Waals surface area contributed by atoms with Crippen molar-refractivity contribution in [1.82, 2.24) is 14.8 Å². The lowest BCUT2D eigenvalue weighted by Crippen LogP contribution is -2.06. The maximum absolute atomic E-state index is 10.9. The van der Waals surface area contributed by atoms with Gasteiger partial charge in [-0.25, -0.2) is 4.79 Å². The molecule has 0 aliphatic heterocycles. The van der Waals surface area contributed by atoms with Gasteiger partial charge in [0.1, 0.15) is 12.4 Å². The molecule has 0 aliphatic carbocycles. The molecule has 0 amide bonds. The lowest BCUT2D eigenvalue weighted by Gasteiger charge is -2.11. The van der Waals surface area contributed by atoms with Crippen molar-refractivity contribution < 1.29 is 19.4 Å². The van der Waals surface area contributed by atoms with Crippen molar-refractivity contribution >= 4 is 5.97 Å². The number of carboxylic acids is 1. The Morgan fingerprint density at radius 2 is 2.10 bits per heavy atom. The molecule has 0 aliphatic rings. The highest BCUT2D eigenvalue weighted by molar-refractivity contribution is 5.88. The molecule has 106 valence electrons. The number of aromatic carboxylic acids is 1. The topological polar surface area (TPSA) is 86.5 Å². The van der Waals surface area contributed by atoms with Crippen LogP contribution in [0.25, 0.3) is 0 Å². The summed E-state index contributed by atoms with van der Waals surface area (Å²) in [6, 6.07) is 4.44. The molecule has 2 rings (SSSR count). The van der Waals surface area contributed by atoms with Gasteiger partial charge in [-0.3, -0.25) is 0 Å². The van der Waals surface area contributed by atoms with Crippen molar-refractivity contribution in [3.63, 3.8) is 0 Å². The standard InChI is InChI=1S/C13H15N3O4/c1-8-14-15-12(16(8)2)7-20-10-5-4-9(13(17)18)6-11(10)19-3/h4-6H,7H2,1-3H3,(H,17,18). The fourth-order valence-electron chi connectivity index (χ4n) is 1.64. The van der Waals surface area contributed by atoms with Gasteiger partial charge in [0.15, 0.2) is 17.3 Å². The monoisotopic (exact) mass is 277 g/mol. The van der Waals surface area contributed by atoms with E-state index in [1.807, 2.05) is 18.5 Å². The molecule has 2 aromatic rings. The predicted octanol–water partition coefficient (Wildman–Crippen LogP) is 1.41. The van der Waals surface area contributed by atoms with Gasteiger partial charge in [-0.05, 0) is 25.1 Å². The molecular weight excluding hydrogens is 262 g/mol. The molecule has 0 fully saturated rings. The smallest absolute Gasteiger partial charge is 0.335 e. The minimum absolute atomic E-state index is 0.142. The van der Waals surface area contributed by atoms with E-state index < -0.39 is 5.97 Å². The Balaban J connectivity index is 2.17. The van der Waals surface area contributed by atoms with Crippen LogP contribution in [0.3, 0.4) is 0 Å². The summed E-state index contributed by atoms with van der Waals surface area (Å²) < 4.78 is 12.5. The molecular formula is C13H15N3O4. The van der Waals surface area contributed by atoms with Gasteiger partial charge in [-0.2, -0.15) is 0 Å². The number of ether oxygens (including phenoxy) is 2. The van der Waals surface area contributed by atoms with Gasteiger partial charge >= 0.3 is 5.97 Å². The third-order valence-electron chi connectivity index (χ3n) is 2.95. The molecule has 1 heterocycles. The largest absolute Gasteiger partial charge is 0.493 e. The van der Waals surface area contributed by atoms with Crippen LogP contribution in [0.4, 0.5) is 0 Å². The number of benzene rings is 1. The van der Waals surface area contributed by atoms with Crippen LogP contribution in [0, 0.1) is 6.92 Å². The summed E-state index contributed by atoms with van der Waals surface area (Å²) in [4.78, 5) is 10.9. The number of carbonyl (C=O) groups is 1. The number of carboxylic acid groups (broad SMARTS) is 1. The molecule has 7 nitrogen and oxygen atoms in total. The van der Waals surface area contributed by atoms with E-state index >= 15 is 0 Å². The van der Waals surface area contributed by atoms with E-state index in [0.717, 1.165) is 5.82 Å². The SMILES string of the molecule is COc1cc(C(=O)O)ccc1OCc1nnc(C)n1C. The van der Waals surface area contributed by atoms with Crippen molar-refractivity contribution in [3.05, 3.63) is 35.4 Å². The molecule has 0 radical (unpaired) electrons. The molecule has 1 aromatic heterocycles. The second-order valence-corrected chi connectivity index (χ2v) is 4.18. The number of methoxy groups -OCH3 is 1. The van der Waals surface area contributed by atoms with E-state index in [4.69, 9.17) is 14.6 Å². The highest BCUT2D eigenvalue weighted by atomic mass is 16.5. The quantitative estimate of drug-likeness (QED) is 0.889. The third-order valence-corrected chi connectivity index (χ3v) is 2.95. The Morgan fingerprint density at radius 1 is 1.35 bits per heavy atom. The maximum Gasteiger partial charge on any atom is 0.335 e. The first-order valence-electron chi connectivity index (χ1n) is 5.92. The zero-order valence-corrected chi connectivity index (χ0v) is 11.5. The number of hydrogen-bond acceptors (Lipinski definition) is 5. The van der Waals surface area contributed by atoms with Crippen LogP contribution < -0.4 is 9.47 Å². The zero-order chi connectivity index (χ0) is 14.7. The van der Waals surface area contributed by atoms with Gasteiger partial charge in [0.05, 0.1) is 12.7 Å². The third kappa shape index (κ3) is 2.71. The average Bonchev–Trinajstić information content (AvgIpc) is 2.76. The van der Waals surface area contributed by atoms with Crippen LogP contribution in [-0.4, -0.2) is 33.0 Å². The van der Waals surface area contributed by atoms with Gasteiger partial charge in [0.2, 0.25) is 0 Å². The Kier molecular flexibility index (Phi) is 3.88. The normalized spacial score (nSPS) is 10.3. The first kappa shape index (κ1) is 13.9. The van der Waals surface area contributed by atoms with Crippen molar-refractivity contribution in [2.75, 3.05) is 7.11 Å².